The van der Waals surface area contributed by atoms with Gasteiger partial charge in [0.1, 0.15) is 0 Å². The van der Waals surface area contributed by atoms with Crippen LogP contribution in [0.25, 0.3) is 10.9 Å². The summed E-state index contributed by atoms with van der Waals surface area (Å²) >= 11 is 0. The predicted octanol–water partition coefficient (Wildman–Crippen LogP) is 2.06. The molecule has 3 fully saturated rings. The van der Waals surface area contributed by atoms with Gasteiger partial charge in [-0.15, -0.1) is 0 Å². The van der Waals surface area contributed by atoms with Gasteiger partial charge in [0.2, 0.25) is 11.8 Å². The van der Waals surface area contributed by atoms with E-state index in [9.17, 15) is 9.59 Å². The van der Waals surface area contributed by atoms with E-state index in [4.69, 9.17) is 0 Å². The quantitative estimate of drug-likeness (QED) is 0.761. The van der Waals surface area contributed by atoms with Gasteiger partial charge in [0.05, 0.1) is 17.1 Å². The third-order valence-electron chi connectivity index (χ3n) is 7.29. The third-order valence-corrected chi connectivity index (χ3v) is 7.29. The van der Waals surface area contributed by atoms with Crippen molar-refractivity contribution in [1.29, 1.82) is 0 Å². The number of nitrogens with zero attached hydrogens (tertiary/aromatic N) is 3. The summed E-state index contributed by atoms with van der Waals surface area (Å²) in [6.07, 6.45) is 6.03. The van der Waals surface area contributed by atoms with Crippen LogP contribution in [-0.4, -0.2) is 47.8 Å². The summed E-state index contributed by atoms with van der Waals surface area (Å²) < 4.78 is 1.87. The largest absolute Gasteiger partial charge is 0.371 e. The van der Waals surface area contributed by atoms with E-state index in [2.05, 4.69) is 38.8 Å². The first-order valence-corrected chi connectivity index (χ1v) is 10.8. The second-order valence-corrected chi connectivity index (χ2v) is 8.95. The minimum absolute atomic E-state index is 0.189. The maximum atomic E-state index is 12.3. The zero-order chi connectivity index (χ0) is 20.0. The first kappa shape index (κ1) is 18.6. The number of nitrogens with one attached hydrogen (secondary N) is 2. The molecule has 2 aromatic rings. The molecule has 5 rings (SSSR count). The van der Waals surface area contributed by atoms with Gasteiger partial charge in [0.25, 0.3) is 0 Å². The fourth-order valence-electron chi connectivity index (χ4n) is 5.38. The number of aromatic nitrogens is 2. The van der Waals surface area contributed by atoms with Crippen LogP contribution in [0.5, 0.6) is 0 Å². The Kier molecular flexibility index (Phi) is 4.57. The average Bonchev–Trinajstić information content (AvgIpc) is 3.05. The third kappa shape index (κ3) is 3.31. The topological polar surface area (TPSA) is 79.3 Å². The monoisotopic (exact) mass is 395 g/mol. The molecule has 3 aliphatic heterocycles. The summed E-state index contributed by atoms with van der Waals surface area (Å²) in [5, 5.41) is 11.6. The molecule has 2 amide bonds. The Balaban J connectivity index is 1.38. The van der Waals surface area contributed by atoms with Crippen LogP contribution in [0.15, 0.2) is 18.2 Å². The van der Waals surface area contributed by atoms with E-state index in [1.165, 1.54) is 31.4 Å². The lowest BCUT2D eigenvalue weighted by atomic mass is 9.71. The highest BCUT2D eigenvalue weighted by Gasteiger charge is 2.36. The van der Waals surface area contributed by atoms with Crippen molar-refractivity contribution < 1.29 is 9.59 Å². The fourth-order valence-corrected chi connectivity index (χ4v) is 5.38. The Morgan fingerprint density at radius 2 is 1.86 bits per heavy atom. The molecule has 0 radical (unpaired) electrons. The molecule has 1 unspecified atom stereocenters. The average molecular weight is 396 g/mol. The molecular weight excluding hydrogens is 366 g/mol. The van der Waals surface area contributed by atoms with Crippen molar-refractivity contribution in [3.05, 3.63) is 23.9 Å². The zero-order valence-electron chi connectivity index (χ0n) is 17.0. The van der Waals surface area contributed by atoms with Crippen molar-refractivity contribution in [1.82, 2.24) is 20.4 Å². The van der Waals surface area contributed by atoms with Crippen LogP contribution in [-0.2, 0) is 16.6 Å². The van der Waals surface area contributed by atoms with E-state index in [1.807, 2.05) is 11.7 Å². The number of amides is 2. The lowest BCUT2D eigenvalue weighted by Gasteiger charge is -2.45. The maximum absolute atomic E-state index is 12.3. The highest BCUT2D eigenvalue weighted by molar-refractivity contribution is 6.02. The molecule has 3 aliphatic rings. The number of carbonyl (C=O) groups is 2. The zero-order valence-corrected chi connectivity index (χ0v) is 17.0. The highest BCUT2D eigenvalue weighted by atomic mass is 16.2. The van der Waals surface area contributed by atoms with Gasteiger partial charge in [0, 0.05) is 37.6 Å². The first-order valence-electron chi connectivity index (χ1n) is 10.8. The number of hydrogen-bond donors (Lipinski definition) is 2. The van der Waals surface area contributed by atoms with Gasteiger partial charge < -0.3 is 10.2 Å². The molecule has 7 nitrogen and oxygen atoms in total. The van der Waals surface area contributed by atoms with Gasteiger partial charge in [-0.3, -0.25) is 19.6 Å². The maximum Gasteiger partial charge on any atom is 0.235 e. The van der Waals surface area contributed by atoms with Gasteiger partial charge in [0.15, 0.2) is 0 Å². The molecule has 1 aromatic heterocycles. The second kappa shape index (κ2) is 7.13. The van der Waals surface area contributed by atoms with Crippen molar-refractivity contribution >= 4 is 28.4 Å². The Hall–Kier alpha value is -2.41. The van der Waals surface area contributed by atoms with Crippen LogP contribution in [0.2, 0.25) is 0 Å². The number of hydrogen-bond acceptors (Lipinski definition) is 5. The van der Waals surface area contributed by atoms with Crippen LogP contribution in [0.4, 0.5) is 5.69 Å². The van der Waals surface area contributed by atoms with E-state index >= 15 is 0 Å². The molecule has 154 valence electrons. The van der Waals surface area contributed by atoms with Crippen LogP contribution in [0.1, 0.15) is 50.1 Å². The van der Waals surface area contributed by atoms with E-state index in [0.717, 1.165) is 42.8 Å². The van der Waals surface area contributed by atoms with Crippen molar-refractivity contribution in [2.75, 3.05) is 31.1 Å². The Labute approximate surface area is 170 Å². The lowest BCUT2D eigenvalue weighted by Crippen LogP contribution is -2.45. The fraction of sp³-hybridized carbons (Fsp3) is 0.591. The molecule has 29 heavy (non-hydrogen) atoms. The van der Waals surface area contributed by atoms with Crippen molar-refractivity contribution in [3.63, 3.8) is 0 Å². The molecule has 7 heteroatoms. The molecular formula is C22H29N5O2. The van der Waals surface area contributed by atoms with E-state index in [-0.39, 0.29) is 17.7 Å². The smallest absolute Gasteiger partial charge is 0.235 e. The molecule has 0 aliphatic carbocycles. The first-order chi connectivity index (χ1) is 14.0. The number of piperidine rings is 3. The summed E-state index contributed by atoms with van der Waals surface area (Å²) in [5.74, 6) is -0.768. The number of carbonyl (C=O) groups excluding carboxylic acids is 2. The number of aryl methyl sites for hydroxylation is 1. The Bertz CT molecular complexity index is 950. The molecule has 1 spiro atoms. The highest BCUT2D eigenvalue weighted by Crippen LogP contribution is 2.41. The summed E-state index contributed by atoms with van der Waals surface area (Å²) in [4.78, 5) is 26.3. The summed E-state index contributed by atoms with van der Waals surface area (Å²) in [5.41, 5.74) is 3.60. The van der Waals surface area contributed by atoms with Gasteiger partial charge in [-0.05, 0) is 68.8 Å². The SMILES string of the molecule is Cn1nc(C2CCC(=O)NC2=O)c2ccc(N3CCC4(CCNCC4)CC3)cc21. The summed E-state index contributed by atoms with van der Waals surface area (Å²) in [7, 11) is 1.93. The summed E-state index contributed by atoms with van der Waals surface area (Å²) in [6.45, 7) is 4.51. The molecule has 0 bridgehead atoms. The van der Waals surface area contributed by atoms with Gasteiger partial charge in [-0.2, -0.15) is 5.10 Å². The van der Waals surface area contributed by atoms with Crippen LogP contribution in [0, 0.1) is 5.41 Å². The minimum Gasteiger partial charge on any atom is -0.371 e. The molecule has 1 atom stereocenters. The second-order valence-electron chi connectivity index (χ2n) is 8.95. The lowest BCUT2D eigenvalue weighted by molar-refractivity contribution is -0.134. The molecule has 2 N–H and O–H groups in total. The van der Waals surface area contributed by atoms with E-state index in [0.29, 0.717) is 18.3 Å². The predicted molar refractivity (Wildman–Crippen MR) is 112 cm³/mol. The van der Waals surface area contributed by atoms with Crippen molar-refractivity contribution in [2.45, 2.75) is 44.4 Å². The number of benzene rings is 1. The van der Waals surface area contributed by atoms with Crippen LogP contribution < -0.4 is 15.5 Å². The number of fused-ring (bicyclic) bond motifs is 1. The number of imide groups is 1. The van der Waals surface area contributed by atoms with Crippen molar-refractivity contribution in [3.8, 4) is 0 Å². The number of anilines is 1. The summed E-state index contributed by atoms with van der Waals surface area (Å²) in [6, 6.07) is 6.48. The molecule has 3 saturated heterocycles. The Morgan fingerprint density at radius 3 is 2.59 bits per heavy atom. The van der Waals surface area contributed by atoms with Crippen LogP contribution >= 0.6 is 0 Å². The van der Waals surface area contributed by atoms with Gasteiger partial charge >= 0.3 is 0 Å². The normalized spacial score (nSPS) is 24.9. The van der Waals surface area contributed by atoms with Gasteiger partial charge in [-0.25, -0.2) is 0 Å². The van der Waals surface area contributed by atoms with Crippen molar-refractivity contribution in [2.24, 2.45) is 12.5 Å². The minimum atomic E-state index is -0.350. The Morgan fingerprint density at radius 1 is 1.10 bits per heavy atom. The standard InChI is InChI=1S/C22H29N5O2/c1-26-18-14-15(27-12-8-22(9-13-27)6-10-23-11-7-22)2-3-16(18)20(25-26)17-4-5-19(28)24-21(17)29/h2-3,14,17,23H,4-13H2,1H3,(H,24,28,29). The molecule has 1 aromatic carbocycles. The van der Waals surface area contributed by atoms with Gasteiger partial charge in [-0.1, -0.05) is 0 Å². The number of rotatable bonds is 2. The van der Waals surface area contributed by atoms with E-state index < -0.39 is 0 Å². The molecule has 4 heterocycles. The van der Waals surface area contributed by atoms with E-state index in [1.54, 1.807) is 0 Å². The van der Waals surface area contributed by atoms with Crippen LogP contribution in [0.3, 0.4) is 0 Å². The molecule has 0 saturated carbocycles.